The van der Waals surface area contributed by atoms with Gasteiger partial charge in [-0.1, -0.05) is 24.3 Å². The molecule has 4 aromatic rings. The maximum absolute atomic E-state index is 13.1. The molecule has 1 atom stereocenters. The minimum Gasteiger partial charge on any atom is -0.478 e. The highest BCUT2D eigenvalue weighted by Gasteiger charge is 2.25. The Bertz CT molecular complexity index is 1540. The number of hydrogen-bond acceptors (Lipinski definition) is 4. The van der Waals surface area contributed by atoms with Crippen LogP contribution in [0.25, 0.3) is 10.9 Å². The van der Waals surface area contributed by atoms with Crippen molar-refractivity contribution < 1.29 is 18.9 Å². The number of fused-ring (bicyclic) bond motifs is 1. The fraction of sp³-hybridized carbons (Fsp3) is 0.148. The van der Waals surface area contributed by atoms with Crippen LogP contribution in [0.3, 0.4) is 0 Å². The number of nitrogens with one attached hydrogen (secondary N) is 2. The van der Waals surface area contributed by atoms with E-state index in [1.807, 2.05) is 28.6 Å². The first-order chi connectivity index (χ1) is 17.4. The summed E-state index contributed by atoms with van der Waals surface area (Å²) in [7, 11) is -1.12. The number of H-pyrrole nitrogens is 1. The summed E-state index contributed by atoms with van der Waals surface area (Å²) in [6.45, 7) is 2.00. The molecule has 2 heterocycles. The van der Waals surface area contributed by atoms with E-state index in [9.17, 15) is 18.6 Å². The zero-order chi connectivity index (χ0) is 25.2. The Morgan fingerprint density at radius 2 is 1.61 bits per heavy atom. The summed E-state index contributed by atoms with van der Waals surface area (Å²) in [4.78, 5) is 40.8. The van der Waals surface area contributed by atoms with E-state index in [1.54, 1.807) is 36.5 Å². The van der Waals surface area contributed by atoms with Crippen molar-refractivity contribution in [1.82, 2.24) is 14.6 Å². The van der Waals surface area contributed by atoms with Gasteiger partial charge in [-0.15, -0.1) is 0 Å². The van der Waals surface area contributed by atoms with Gasteiger partial charge < -0.3 is 15.4 Å². The van der Waals surface area contributed by atoms with Crippen LogP contribution in [0.5, 0.6) is 0 Å². The molecule has 9 heteroatoms. The van der Waals surface area contributed by atoms with Crippen molar-refractivity contribution in [2.75, 3.05) is 13.1 Å². The quantitative estimate of drug-likeness (QED) is 0.321. The number of pyridine rings is 1. The monoisotopic (exact) mass is 501 g/mol. The number of benzene rings is 3. The van der Waals surface area contributed by atoms with E-state index in [2.05, 4.69) is 10.3 Å². The molecule has 0 bridgehead atoms. The summed E-state index contributed by atoms with van der Waals surface area (Å²) < 4.78 is 14.0. The Balaban J connectivity index is 1.29. The van der Waals surface area contributed by atoms with E-state index >= 15 is 0 Å². The smallest absolute Gasteiger partial charge is 0.335 e. The van der Waals surface area contributed by atoms with Crippen LogP contribution in [0.4, 0.5) is 0 Å². The van der Waals surface area contributed by atoms with Crippen molar-refractivity contribution in [3.63, 3.8) is 0 Å². The number of aromatic amines is 1. The van der Waals surface area contributed by atoms with Crippen LogP contribution in [0, 0.1) is 0 Å². The summed E-state index contributed by atoms with van der Waals surface area (Å²) in [5, 5.41) is 12.3. The Morgan fingerprint density at radius 3 is 2.28 bits per heavy atom. The zero-order valence-electron chi connectivity index (χ0n) is 19.2. The fourth-order valence-corrected chi connectivity index (χ4v) is 4.96. The molecular formula is C27H23N3O5S. The number of hydrogen-bond donors (Lipinski definition) is 3. The Labute approximate surface area is 209 Å². The Morgan fingerprint density at radius 1 is 0.944 bits per heavy atom. The molecule has 1 fully saturated rings. The summed E-state index contributed by atoms with van der Waals surface area (Å²) in [5.41, 5.74) is 3.20. The average molecular weight is 502 g/mol. The Kier molecular flexibility index (Phi) is 6.49. The highest BCUT2D eigenvalue weighted by Crippen LogP contribution is 2.18. The van der Waals surface area contributed by atoms with Gasteiger partial charge in [-0.2, -0.15) is 0 Å². The maximum atomic E-state index is 13.1. The number of amides is 1. The first-order valence-electron chi connectivity index (χ1n) is 11.4. The molecule has 5 rings (SSSR count). The molecular weight excluding hydrogens is 478 g/mol. The fourth-order valence-electron chi connectivity index (χ4n) is 3.88. The molecule has 0 spiro atoms. The summed E-state index contributed by atoms with van der Waals surface area (Å²) in [5.74, 6) is -1.31. The SMILES string of the molecule is O=C(O)c1ccc(Cc2c[nH]c3ccc(C(=O)NCc4ccc(S(=O)N5CC5)cc4)cc3c2=O)cc1. The third kappa shape index (κ3) is 5.12. The number of carboxylic acids is 1. The molecule has 0 radical (unpaired) electrons. The highest BCUT2D eigenvalue weighted by atomic mass is 32.2. The molecule has 182 valence electrons. The normalized spacial score (nSPS) is 13.9. The number of rotatable bonds is 8. The van der Waals surface area contributed by atoms with Gasteiger partial charge in [0.15, 0.2) is 5.43 Å². The predicted octanol–water partition coefficient (Wildman–Crippen LogP) is 3.09. The summed E-state index contributed by atoms with van der Waals surface area (Å²) in [6.07, 6.45) is 1.98. The number of nitrogens with zero attached hydrogens (tertiary/aromatic N) is 1. The van der Waals surface area contributed by atoms with E-state index in [-0.39, 0.29) is 16.9 Å². The lowest BCUT2D eigenvalue weighted by Gasteiger charge is -2.09. The number of carboxylic acid groups (broad SMARTS) is 1. The van der Waals surface area contributed by atoms with Gasteiger partial charge in [0.25, 0.3) is 5.91 Å². The molecule has 1 saturated heterocycles. The molecule has 36 heavy (non-hydrogen) atoms. The van der Waals surface area contributed by atoms with Crippen molar-refractivity contribution in [1.29, 1.82) is 0 Å². The molecule has 8 nitrogen and oxygen atoms in total. The van der Waals surface area contributed by atoms with Crippen molar-refractivity contribution in [2.24, 2.45) is 0 Å². The zero-order valence-corrected chi connectivity index (χ0v) is 20.0. The molecule has 0 aliphatic carbocycles. The highest BCUT2D eigenvalue weighted by molar-refractivity contribution is 7.83. The second-order valence-corrected chi connectivity index (χ2v) is 10.1. The van der Waals surface area contributed by atoms with Crippen molar-refractivity contribution in [3.8, 4) is 0 Å². The second kappa shape index (κ2) is 9.88. The third-order valence-electron chi connectivity index (χ3n) is 6.03. The van der Waals surface area contributed by atoms with Crippen LogP contribution in [-0.2, 0) is 24.0 Å². The lowest BCUT2D eigenvalue weighted by atomic mass is 10.0. The van der Waals surface area contributed by atoms with Gasteiger partial charge in [0.2, 0.25) is 0 Å². The lowest BCUT2D eigenvalue weighted by molar-refractivity contribution is 0.0696. The molecule has 1 amide bonds. The molecule has 3 N–H and O–H groups in total. The molecule has 1 aliphatic rings. The number of aromatic nitrogens is 1. The van der Waals surface area contributed by atoms with Crippen molar-refractivity contribution in [3.05, 3.63) is 111 Å². The van der Waals surface area contributed by atoms with Gasteiger partial charge in [0, 0.05) is 54.3 Å². The minimum absolute atomic E-state index is 0.184. The van der Waals surface area contributed by atoms with E-state index in [4.69, 9.17) is 5.11 Å². The van der Waals surface area contributed by atoms with E-state index in [0.29, 0.717) is 35.0 Å². The molecule has 1 aliphatic heterocycles. The van der Waals surface area contributed by atoms with Gasteiger partial charge in [0.1, 0.15) is 11.0 Å². The molecule has 0 saturated carbocycles. The van der Waals surface area contributed by atoms with Gasteiger partial charge in [-0.05, 0) is 53.6 Å². The van der Waals surface area contributed by atoms with Crippen LogP contribution < -0.4 is 10.7 Å². The van der Waals surface area contributed by atoms with Crippen LogP contribution in [0.2, 0.25) is 0 Å². The van der Waals surface area contributed by atoms with Crippen LogP contribution in [0.1, 0.15) is 37.4 Å². The van der Waals surface area contributed by atoms with Gasteiger partial charge in [-0.3, -0.25) is 9.59 Å². The lowest BCUT2D eigenvalue weighted by Crippen LogP contribution is -2.23. The van der Waals surface area contributed by atoms with Crippen LogP contribution in [-0.4, -0.2) is 43.6 Å². The first kappa shape index (κ1) is 23.7. The molecule has 1 aromatic heterocycles. The van der Waals surface area contributed by atoms with E-state index in [0.717, 1.165) is 29.1 Å². The largest absolute Gasteiger partial charge is 0.478 e. The standard InChI is InChI=1S/C27H23N3O5S/c31-25-21(13-17-1-5-19(6-2-17)27(33)34)16-28-24-10-7-20(14-23(24)25)26(32)29-15-18-3-8-22(9-4-18)36(35)30-11-12-30/h1-10,14,16H,11-13,15H2,(H,28,31)(H,29,32)(H,33,34). The molecule has 1 unspecified atom stereocenters. The van der Waals surface area contributed by atoms with Gasteiger partial charge >= 0.3 is 5.97 Å². The van der Waals surface area contributed by atoms with Crippen molar-refractivity contribution in [2.45, 2.75) is 17.9 Å². The third-order valence-corrected chi connectivity index (χ3v) is 7.54. The Hall–Kier alpha value is -4.08. The molecule has 3 aromatic carbocycles. The first-order valence-corrected chi connectivity index (χ1v) is 12.5. The van der Waals surface area contributed by atoms with E-state index in [1.165, 1.54) is 12.1 Å². The van der Waals surface area contributed by atoms with Gasteiger partial charge in [0.05, 0.1) is 10.5 Å². The second-order valence-electron chi connectivity index (χ2n) is 8.59. The summed E-state index contributed by atoms with van der Waals surface area (Å²) in [6, 6.07) is 18.6. The van der Waals surface area contributed by atoms with E-state index < -0.39 is 17.0 Å². The van der Waals surface area contributed by atoms with Gasteiger partial charge in [-0.25, -0.2) is 13.3 Å². The number of aromatic carboxylic acids is 1. The van der Waals surface area contributed by atoms with Crippen LogP contribution in [0.15, 0.2) is 82.6 Å². The number of carbonyl (C=O) groups excluding carboxylic acids is 1. The number of carbonyl (C=O) groups is 2. The summed E-state index contributed by atoms with van der Waals surface area (Å²) >= 11 is 0. The predicted molar refractivity (Wildman–Crippen MR) is 136 cm³/mol. The van der Waals surface area contributed by atoms with Crippen LogP contribution >= 0.6 is 0 Å². The minimum atomic E-state index is -1.12. The maximum Gasteiger partial charge on any atom is 0.335 e. The van der Waals surface area contributed by atoms with Crippen molar-refractivity contribution >= 4 is 33.8 Å². The topological polar surface area (TPSA) is 119 Å². The average Bonchev–Trinajstić information content (AvgIpc) is 3.75.